The lowest BCUT2D eigenvalue weighted by atomic mass is 10.1. The first kappa shape index (κ1) is 11.4. The number of nitrogens with two attached hydrogens (primary N) is 1. The summed E-state index contributed by atoms with van der Waals surface area (Å²) in [6, 6.07) is 3.88. The molecule has 6 heteroatoms. The van der Waals surface area contributed by atoms with Crippen LogP contribution >= 0.6 is 11.6 Å². The fraction of sp³-hybridized carbons (Fsp3) is 0.182. The molecule has 2 N–H and O–H groups in total. The van der Waals surface area contributed by atoms with Gasteiger partial charge >= 0.3 is 0 Å². The van der Waals surface area contributed by atoms with Crippen molar-refractivity contribution in [2.24, 2.45) is 0 Å². The fourth-order valence-electron chi connectivity index (χ4n) is 1.62. The Labute approximate surface area is 103 Å². The van der Waals surface area contributed by atoms with Crippen LogP contribution in [0.3, 0.4) is 0 Å². The molecular formula is C11H10ClN5. The molecule has 0 bridgehead atoms. The molecule has 17 heavy (non-hydrogen) atoms. The first-order valence-corrected chi connectivity index (χ1v) is 5.30. The summed E-state index contributed by atoms with van der Waals surface area (Å²) in [5.74, 6) is 0.239. The minimum absolute atomic E-state index is 0.239. The molecule has 0 aromatic carbocycles. The largest absolute Gasteiger partial charge is 0.381 e. The molecule has 5 nitrogen and oxygen atoms in total. The molecule has 0 aliphatic rings. The van der Waals surface area contributed by atoms with Gasteiger partial charge in [-0.25, -0.2) is 4.68 Å². The van der Waals surface area contributed by atoms with Crippen LogP contribution in [0.4, 0.5) is 5.82 Å². The highest BCUT2D eigenvalue weighted by molar-refractivity contribution is 6.32. The first-order valence-electron chi connectivity index (χ1n) is 4.92. The number of aromatic nitrogens is 3. The second-order valence-corrected chi connectivity index (χ2v) is 4.07. The third-order valence-corrected chi connectivity index (χ3v) is 2.65. The Morgan fingerprint density at radius 3 is 2.71 bits per heavy atom. The SMILES string of the molecule is Cc1cc(-n2cc(Cl)c(N)n2)c(C#N)c(C)n1. The molecule has 0 aliphatic heterocycles. The van der Waals surface area contributed by atoms with Gasteiger partial charge in [0.05, 0.1) is 23.1 Å². The molecule has 2 aromatic heterocycles. The van der Waals surface area contributed by atoms with Crippen LogP contribution in [0.2, 0.25) is 5.02 Å². The van der Waals surface area contributed by atoms with Crippen molar-refractivity contribution in [2.45, 2.75) is 13.8 Å². The quantitative estimate of drug-likeness (QED) is 0.836. The highest BCUT2D eigenvalue weighted by Crippen LogP contribution is 2.22. The van der Waals surface area contributed by atoms with Crippen LogP contribution in [0.15, 0.2) is 12.3 Å². The highest BCUT2D eigenvalue weighted by atomic mass is 35.5. The lowest BCUT2D eigenvalue weighted by Gasteiger charge is -2.07. The van der Waals surface area contributed by atoms with Crippen LogP contribution in [-0.4, -0.2) is 14.8 Å². The van der Waals surface area contributed by atoms with Crippen molar-refractivity contribution < 1.29 is 0 Å². The standard InChI is InChI=1S/C11H10ClN5/c1-6-3-10(8(4-13)7(2)15-6)17-5-9(12)11(14)16-17/h3,5H,1-2H3,(H2,14,16). The van der Waals surface area contributed by atoms with Gasteiger partial charge in [0.1, 0.15) is 11.1 Å². The van der Waals surface area contributed by atoms with Gasteiger partial charge in [-0.3, -0.25) is 4.98 Å². The Kier molecular flexibility index (Phi) is 2.74. The third kappa shape index (κ3) is 1.95. The lowest BCUT2D eigenvalue weighted by molar-refractivity contribution is 0.871. The van der Waals surface area contributed by atoms with Crippen molar-refractivity contribution in [2.75, 3.05) is 5.73 Å². The first-order chi connectivity index (χ1) is 8.02. The van der Waals surface area contributed by atoms with E-state index in [9.17, 15) is 0 Å². The Morgan fingerprint density at radius 1 is 1.47 bits per heavy atom. The number of hydrogen-bond acceptors (Lipinski definition) is 4. The number of halogens is 1. The summed E-state index contributed by atoms with van der Waals surface area (Å²) >= 11 is 5.85. The van der Waals surface area contributed by atoms with Crippen molar-refractivity contribution >= 4 is 17.4 Å². The molecule has 86 valence electrons. The second-order valence-electron chi connectivity index (χ2n) is 3.66. The Balaban J connectivity index is 2.70. The van der Waals surface area contributed by atoms with Crippen LogP contribution in [-0.2, 0) is 0 Å². The zero-order valence-corrected chi connectivity index (χ0v) is 10.2. The average Bonchev–Trinajstić information content (AvgIpc) is 2.58. The minimum Gasteiger partial charge on any atom is -0.381 e. The van der Waals surface area contributed by atoms with Crippen LogP contribution in [0.5, 0.6) is 0 Å². The maximum atomic E-state index is 9.13. The highest BCUT2D eigenvalue weighted by Gasteiger charge is 2.12. The lowest BCUT2D eigenvalue weighted by Crippen LogP contribution is -2.03. The molecule has 0 spiro atoms. The molecule has 0 atom stereocenters. The normalized spacial score (nSPS) is 10.2. The predicted molar refractivity (Wildman–Crippen MR) is 65.0 cm³/mol. The van der Waals surface area contributed by atoms with Gasteiger partial charge in [-0.2, -0.15) is 5.26 Å². The topological polar surface area (TPSA) is 80.5 Å². The molecule has 0 saturated carbocycles. The number of nitriles is 1. The Bertz CT molecular complexity index is 604. The van der Waals surface area contributed by atoms with Crippen LogP contribution in [0, 0.1) is 25.2 Å². The number of aryl methyl sites for hydroxylation is 2. The maximum absolute atomic E-state index is 9.13. The fourth-order valence-corrected chi connectivity index (χ4v) is 1.75. The third-order valence-electron chi connectivity index (χ3n) is 2.36. The minimum atomic E-state index is 0.239. The number of pyridine rings is 1. The van der Waals surface area contributed by atoms with Crippen molar-refractivity contribution in [1.29, 1.82) is 5.26 Å². The van der Waals surface area contributed by atoms with Gasteiger partial charge in [0.25, 0.3) is 0 Å². The summed E-state index contributed by atoms with van der Waals surface area (Å²) in [5.41, 5.74) is 8.15. The number of anilines is 1. The van der Waals surface area contributed by atoms with Gasteiger partial charge in [-0.05, 0) is 19.9 Å². The molecule has 0 radical (unpaired) electrons. The molecule has 2 heterocycles. The number of rotatable bonds is 1. The molecule has 0 fully saturated rings. The summed E-state index contributed by atoms with van der Waals surface area (Å²) in [6.07, 6.45) is 1.58. The van der Waals surface area contributed by atoms with Crippen LogP contribution in [0.1, 0.15) is 17.0 Å². The summed E-state index contributed by atoms with van der Waals surface area (Å²) in [7, 11) is 0. The summed E-state index contributed by atoms with van der Waals surface area (Å²) in [5, 5.41) is 13.5. The molecule has 0 aliphatic carbocycles. The summed E-state index contributed by atoms with van der Waals surface area (Å²) in [6.45, 7) is 3.63. The van der Waals surface area contributed by atoms with E-state index >= 15 is 0 Å². The maximum Gasteiger partial charge on any atom is 0.164 e. The predicted octanol–water partition coefficient (Wildman–Crippen LogP) is 1.99. The van der Waals surface area contributed by atoms with Crippen molar-refractivity contribution in [3.63, 3.8) is 0 Å². The van der Waals surface area contributed by atoms with Crippen LogP contribution in [0.25, 0.3) is 5.69 Å². The number of nitrogens with zero attached hydrogens (tertiary/aromatic N) is 4. The van der Waals surface area contributed by atoms with E-state index in [0.29, 0.717) is 22.0 Å². The number of hydrogen-bond donors (Lipinski definition) is 1. The van der Waals surface area contributed by atoms with E-state index in [4.69, 9.17) is 22.6 Å². The molecule has 0 saturated heterocycles. The van der Waals surface area contributed by atoms with Gasteiger partial charge in [0.2, 0.25) is 0 Å². The zero-order chi connectivity index (χ0) is 12.6. The zero-order valence-electron chi connectivity index (χ0n) is 9.40. The Morgan fingerprint density at radius 2 is 2.18 bits per heavy atom. The number of nitrogen functional groups attached to an aromatic ring is 1. The molecular weight excluding hydrogens is 238 g/mol. The van der Waals surface area contributed by atoms with Gasteiger partial charge in [-0.1, -0.05) is 11.6 Å². The van der Waals surface area contributed by atoms with Crippen molar-refractivity contribution in [3.8, 4) is 11.8 Å². The van der Waals surface area contributed by atoms with Gasteiger partial charge in [-0.15, -0.1) is 5.10 Å². The molecule has 0 amide bonds. The van der Waals surface area contributed by atoms with Crippen LogP contribution < -0.4 is 5.73 Å². The van der Waals surface area contributed by atoms with E-state index < -0.39 is 0 Å². The van der Waals surface area contributed by atoms with E-state index in [-0.39, 0.29) is 5.82 Å². The molecule has 2 aromatic rings. The van der Waals surface area contributed by atoms with Crippen molar-refractivity contribution in [3.05, 3.63) is 34.2 Å². The van der Waals surface area contributed by atoms with Gasteiger partial charge in [0, 0.05) is 5.69 Å². The molecule has 2 rings (SSSR count). The Hall–Kier alpha value is -2.06. The molecule has 0 unspecified atom stereocenters. The van der Waals surface area contributed by atoms with Gasteiger partial charge < -0.3 is 5.73 Å². The van der Waals surface area contributed by atoms with Gasteiger partial charge in [0.15, 0.2) is 5.82 Å². The van der Waals surface area contributed by atoms with E-state index in [1.165, 1.54) is 4.68 Å². The van der Waals surface area contributed by atoms with Crippen molar-refractivity contribution in [1.82, 2.24) is 14.8 Å². The van der Waals surface area contributed by atoms with E-state index in [1.54, 1.807) is 19.2 Å². The average molecular weight is 248 g/mol. The van der Waals surface area contributed by atoms with E-state index in [1.807, 2.05) is 6.92 Å². The second kappa shape index (κ2) is 4.07. The van der Waals surface area contributed by atoms with E-state index in [0.717, 1.165) is 5.69 Å². The summed E-state index contributed by atoms with van der Waals surface area (Å²) < 4.78 is 1.50. The van der Waals surface area contributed by atoms with E-state index in [2.05, 4.69) is 16.2 Å². The summed E-state index contributed by atoms with van der Waals surface area (Å²) in [4.78, 5) is 4.23. The smallest absolute Gasteiger partial charge is 0.164 e. The monoisotopic (exact) mass is 247 g/mol.